The Labute approximate surface area is 139 Å². The summed E-state index contributed by atoms with van der Waals surface area (Å²) in [4.78, 5) is 34.6. The van der Waals surface area contributed by atoms with Crippen LogP contribution in [0.2, 0.25) is 0 Å². The van der Waals surface area contributed by atoms with Gasteiger partial charge in [0.05, 0.1) is 6.04 Å². The van der Waals surface area contributed by atoms with Crippen molar-refractivity contribution in [3.8, 4) is 0 Å². The van der Waals surface area contributed by atoms with Gasteiger partial charge in [-0.05, 0) is 32.1 Å². The minimum atomic E-state index is -0.111. The van der Waals surface area contributed by atoms with Crippen LogP contribution in [-0.2, 0) is 9.53 Å². The molecule has 1 N–H and O–H groups in total. The number of hydrogen-bond acceptors (Lipinski definition) is 4. The molecule has 0 saturated carbocycles. The summed E-state index contributed by atoms with van der Waals surface area (Å²) in [6, 6.07) is 1.54. The Balaban J connectivity index is 1.65. The summed E-state index contributed by atoms with van der Waals surface area (Å²) in [6.07, 6.45) is 7.77. The number of nitrogens with one attached hydrogen (secondary N) is 1. The highest BCUT2D eigenvalue weighted by molar-refractivity contribution is 5.79. The van der Waals surface area contributed by atoms with Crippen LogP contribution < -0.4 is 5.56 Å². The third-order valence-corrected chi connectivity index (χ3v) is 5.13. The van der Waals surface area contributed by atoms with E-state index in [-0.39, 0.29) is 23.4 Å². The molecule has 0 aromatic carbocycles. The summed E-state index contributed by atoms with van der Waals surface area (Å²) >= 11 is 0. The Hall–Kier alpha value is -2.15. The molecule has 2 aliphatic rings. The van der Waals surface area contributed by atoms with Gasteiger partial charge in [-0.2, -0.15) is 0 Å². The fourth-order valence-electron chi connectivity index (χ4n) is 3.82. The van der Waals surface area contributed by atoms with E-state index >= 15 is 0 Å². The van der Waals surface area contributed by atoms with Gasteiger partial charge in [0.15, 0.2) is 0 Å². The van der Waals surface area contributed by atoms with Gasteiger partial charge in [0.1, 0.15) is 0 Å². The van der Waals surface area contributed by atoms with Crippen molar-refractivity contribution in [1.82, 2.24) is 19.3 Å². The number of nitrogens with zero attached hydrogens (tertiary/aromatic N) is 3. The van der Waals surface area contributed by atoms with Crippen LogP contribution >= 0.6 is 0 Å². The second-order valence-corrected chi connectivity index (χ2v) is 6.61. The zero-order valence-corrected chi connectivity index (χ0v) is 13.6. The average Bonchev–Trinajstić information content (AvgIpc) is 3.11. The van der Waals surface area contributed by atoms with E-state index in [2.05, 4.69) is 9.97 Å². The number of H-pyrrole nitrogens is 1. The number of piperidine rings is 1. The fraction of sp³-hybridized carbons (Fsp3) is 0.588. The van der Waals surface area contributed by atoms with Gasteiger partial charge in [0, 0.05) is 49.8 Å². The molecule has 0 radical (unpaired) electrons. The van der Waals surface area contributed by atoms with E-state index in [1.165, 1.54) is 4.40 Å². The molecule has 0 aliphatic carbocycles. The maximum Gasteiger partial charge on any atom is 0.259 e. The van der Waals surface area contributed by atoms with Crippen LogP contribution in [0.15, 0.2) is 23.3 Å². The number of ether oxygens (including phenoxy) is 1. The number of aromatic amines is 1. The first-order valence-electron chi connectivity index (χ1n) is 8.68. The van der Waals surface area contributed by atoms with Gasteiger partial charge in [0.2, 0.25) is 11.7 Å². The van der Waals surface area contributed by atoms with E-state index in [1.807, 2.05) is 4.90 Å². The van der Waals surface area contributed by atoms with E-state index in [0.29, 0.717) is 19.0 Å². The zero-order valence-electron chi connectivity index (χ0n) is 13.6. The normalized spacial score (nSPS) is 22.8. The Morgan fingerprint density at radius 1 is 1.25 bits per heavy atom. The minimum absolute atomic E-state index is 0.0428. The predicted molar refractivity (Wildman–Crippen MR) is 87.7 cm³/mol. The molecular weight excluding hydrogens is 308 g/mol. The second-order valence-electron chi connectivity index (χ2n) is 6.61. The number of fused-ring (bicyclic) bond motifs is 1. The molecule has 2 aliphatic heterocycles. The zero-order chi connectivity index (χ0) is 16.5. The first-order chi connectivity index (χ1) is 11.7. The average molecular weight is 330 g/mol. The maximum atomic E-state index is 13.0. The van der Waals surface area contributed by atoms with Gasteiger partial charge in [-0.1, -0.05) is 0 Å². The topological polar surface area (TPSA) is 79.7 Å². The number of likely N-dealkylation sites (tertiary alicyclic amines) is 1. The van der Waals surface area contributed by atoms with Crippen LogP contribution in [0.25, 0.3) is 5.78 Å². The smallest absolute Gasteiger partial charge is 0.259 e. The monoisotopic (exact) mass is 330 g/mol. The largest absolute Gasteiger partial charge is 0.381 e. The molecule has 0 bridgehead atoms. The fourth-order valence-corrected chi connectivity index (χ4v) is 3.82. The van der Waals surface area contributed by atoms with Gasteiger partial charge < -0.3 is 14.6 Å². The lowest BCUT2D eigenvalue weighted by molar-refractivity contribution is -0.142. The van der Waals surface area contributed by atoms with Gasteiger partial charge in [0.25, 0.3) is 5.56 Å². The summed E-state index contributed by atoms with van der Waals surface area (Å²) in [5.41, 5.74) is 0.680. The molecule has 0 unspecified atom stereocenters. The highest BCUT2D eigenvalue weighted by Crippen LogP contribution is 2.32. The van der Waals surface area contributed by atoms with Crippen LogP contribution in [-0.4, -0.2) is 44.9 Å². The van der Waals surface area contributed by atoms with Gasteiger partial charge >= 0.3 is 0 Å². The molecule has 2 saturated heterocycles. The predicted octanol–water partition coefficient (Wildman–Crippen LogP) is 1.50. The summed E-state index contributed by atoms with van der Waals surface area (Å²) in [5.74, 6) is 0.773. The summed E-state index contributed by atoms with van der Waals surface area (Å²) in [7, 11) is 0. The Kier molecular flexibility index (Phi) is 4.10. The number of imidazole rings is 1. The molecule has 2 aromatic heterocycles. The van der Waals surface area contributed by atoms with Crippen molar-refractivity contribution in [3.63, 3.8) is 0 Å². The molecule has 24 heavy (non-hydrogen) atoms. The first kappa shape index (κ1) is 15.4. The van der Waals surface area contributed by atoms with Crippen molar-refractivity contribution in [2.75, 3.05) is 19.8 Å². The lowest BCUT2D eigenvalue weighted by atomic mass is 9.93. The van der Waals surface area contributed by atoms with E-state index in [4.69, 9.17) is 4.74 Å². The molecule has 7 heteroatoms. The van der Waals surface area contributed by atoms with Gasteiger partial charge in [-0.3, -0.25) is 14.0 Å². The summed E-state index contributed by atoms with van der Waals surface area (Å²) < 4.78 is 6.86. The Morgan fingerprint density at radius 3 is 2.92 bits per heavy atom. The van der Waals surface area contributed by atoms with Crippen LogP contribution in [0, 0.1) is 5.92 Å². The number of hydrogen-bond donors (Lipinski definition) is 1. The van der Waals surface area contributed by atoms with E-state index in [1.54, 1.807) is 18.5 Å². The molecule has 0 spiro atoms. The van der Waals surface area contributed by atoms with Crippen molar-refractivity contribution in [1.29, 1.82) is 0 Å². The number of amides is 1. The second kappa shape index (κ2) is 6.39. The van der Waals surface area contributed by atoms with E-state index in [0.717, 1.165) is 44.3 Å². The van der Waals surface area contributed by atoms with Crippen LogP contribution in [0.5, 0.6) is 0 Å². The number of rotatable bonds is 2. The molecule has 128 valence electrons. The molecule has 2 aromatic rings. The number of carbonyl (C=O) groups is 1. The van der Waals surface area contributed by atoms with Gasteiger partial charge in [-0.25, -0.2) is 4.98 Å². The lowest BCUT2D eigenvalue weighted by Crippen LogP contribution is -2.43. The van der Waals surface area contributed by atoms with Crippen molar-refractivity contribution < 1.29 is 9.53 Å². The highest BCUT2D eigenvalue weighted by atomic mass is 16.5. The minimum Gasteiger partial charge on any atom is -0.381 e. The number of aromatic nitrogens is 3. The van der Waals surface area contributed by atoms with Crippen LogP contribution in [0.1, 0.15) is 43.8 Å². The van der Waals surface area contributed by atoms with Crippen LogP contribution in [0.4, 0.5) is 0 Å². The lowest BCUT2D eigenvalue weighted by Gasteiger charge is -2.38. The molecule has 4 rings (SSSR count). The maximum absolute atomic E-state index is 13.0. The number of carbonyl (C=O) groups excluding carboxylic acids is 1. The first-order valence-corrected chi connectivity index (χ1v) is 8.68. The molecule has 2 fully saturated rings. The van der Waals surface area contributed by atoms with Crippen molar-refractivity contribution in [2.24, 2.45) is 5.92 Å². The molecule has 4 heterocycles. The Bertz CT molecular complexity index is 790. The van der Waals surface area contributed by atoms with Crippen molar-refractivity contribution in [2.45, 2.75) is 38.1 Å². The third-order valence-electron chi connectivity index (χ3n) is 5.13. The molecule has 7 nitrogen and oxygen atoms in total. The molecular formula is C17H22N4O3. The van der Waals surface area contributed by atoms with Crippen LogP contribution in [0.3, 0.4) is 0 Å². The molecule has 1 amide bonds. The van der Waals surface area contributed by atoms with Gasteiger partial charge in [-0.15, -0.1) is 0 Å². The summed E-state index contributed by atoms with van der Waals surface area (Å²) in [5, 5.41) is 0. The molecule has 1 atom stereocenters. The summed E-state index contributed by atoms with van der Waals surface area (Å²) in [6.45, 7) is 2.07. The quantitative estimate of drug-likeness (QED) is 0.905. The van der Waals surface area contributed by atoms with Crippen molar-refractivity contribution in [3.05, 3.63) is 34.5 Å². The van der Waals surface area contributed by atoms with Crippen molar-refractivity contribution >= 4 is 11.7 Å². The SMILES string of the molecule is O=C(C1CCOCC1)N1CCCC[C@@H]1c1cc(=O)n2ccnc2[nH]1. The highest BCUT2D eigenvalue weighted by Gasteiger charge is 2.33. The van der Waals surface area contributed by atoms with E-state index < -0.39 is 0 Å². The Morgan fingerprint density at radius 2 is 2.08 bits per heavy atom. The third kappa shape index (κ3) is 2.73. The van der Waals surface area contributed by atoms with E-state index in [9.17, 15) is 9.59 Å². The standard InChI is InChI=1S/C17H22N4O3/c22-15-11-13(19-17-18-6-8-21(15)17)14-3-1-2-7-20(14)16(23)12-4-9-24-10-5-12/h6,8,11-12,14H,1-5,7,9-10H2,(H,18,19)/t14-/m1/s1.